The van der Waals surface area contributed by atoms with E-state index in [1.165, 1.54) is 34.4 Å². The molecule has 30 heavy (non-hydrogen) atoms. The molecule has 1 amide bonds. The minimum atomic E-state index is -0.0641. The van der Waals surface area contributed by atoms with E-state index in [1.807, 2.05) is 19.2 Å². The van der Waals surface area contributed by atoms with Gasteiger partial charge in [0.15, 0.2) is 5.13 Å². The smallest absolute Gasteiger partial charge is 0.252 e. The summed E-state index contributed by atoms with van der Waals surface area (Å²) in [5.41, 5.74) is 8.52. The molecule has 0 unspecified atom stereocenters. The first kappa shape index (κ1) is 20.2. The van der Waals surface area contributed by atoms with Crippen LogP contribution in [0.25, 0.3) is 17.0 Å². The summed E-state index contributed by atoms with van der Waals surface area (Å²) in [5.74, 6) is 0.515. The lowest BCUT2D eigenvalue weighted by atomic mass is 9.98. The second-order valence-corrected chi connectivity index (χ2v) is 8.45. The highest BCUT2D eigenvalue weighted by atomic mass is 32.1. The Balaban J connectivity index is 1.46. The van der Waals surface area contributed by atoms with E-state index in [1.54, 1.807) is 4.52 Å². The molecule has 0 fully saturated rings. The fourth-order valence-corrected chi connectivity index (χ4v) is 4.69. The van der Waals surface area contributed by atoms with Gasteiger partial charge in [0.05, 0.1) is 5.69 Å². The van der Waals surface area contributed by atoms with Gasteiger partial charge >= 0.3 is 0 Å². The molecule has 0 aliphatic heterocycles. The predicted molar refractivity (Wildman–Crippen MR) is 119 cm³/mol. The summed E-state index contributed by atoms with van der Waals surface area (Å²) in [6.45, 7) is 10.2. The number of nitrogens with zero attached hydrogens (tertiary/aromatic N) is 5. The van der Waals surface area contributed by atoms with Crippen LogP contribution in [-0.2, 0) is 11.2 Å². The SMILES string of the molecule is Cc1cc(C)c(-c2csc(NC(=O)CCc3c(C)nc4ncnn4c3C)n2)c(C)c1. The molecule has 1 N–H and O–H groups in total. The van der Waals surface area contributed by atoms with Crippen molar-refractivity contribution < 1.29 is 4.79 Å². The number of hydrogen-bond acceptors (Lipinski definition) is 6. The highest BCUT2D eigenvalue weighted by Gasteiger charge is 2.15. The topological polar surface area (TPSA) is 85.1 Å². The van der Waals surface area contributed by atoms with Crippen molar-refractivity contribution >= 4 is 28.2 Å². The molecule has 0 bridgehead atoms. The number of thiazole rings is 1. The molecule has 0 saturated carbocycles. The summed E-state index contributed by atoms with van der Waals surface area (Å²) in [4.78, 5) is 25.8. The van der Waals surface area contributed by atoms with E-state index in [9.17, 15) is 4.79 Å². The lowest BCUT2D eigenvalue weighted by Crippen LogP contribution is -2.14. The zero-order valence-electron chi connectivity index (χ0n) is 17.8. The standard InChI is InChI=1S/C22H24N6OS/c1-12-8-13(2)20(14(3)9-12)18-10-30-22(26-18)27-19(29)7-6-17-15(4)25-21-23-11-24-28(21)16(17)5/h8-11H,6-7H2,1-5H3,(H,26,27,29). The summed E-state index contributed by atoms with van der Waals surface area (Å²) < 4.78 is 1.71. The van der Waals surface area contributed by atoms with Gasteiger partial charge in [0.25, 0.3) is 5.78 Å². The molecule has 0 aliphatic rings. The first-order valence-corrected chi connectivity index (χ1v) is 10.7. The van der Waals surface area contributed by atoms with Crippen molar-refractivity contribution in [2.45, 2.75) is 47.5 Å². The number of rotatable bonds is 5. The molecule has 0 atom stereocenters. The van der Waals surface area contributed by atoms with Crippen molar-refractivity contribution in [1.29, 1.82) is 0 Å². The van der Waals surface area contributed by atoms with Crippen LogP contribution in [-0.4, -0.2) is 30.5 Å². The maximum Gasteiger partial charge on any atom is 0.252 e. The number of nitrogens with one attached hydrogen (secondary N) is 1. The number of anilines is 1. The molecule has 154 valence electrons. The molecule has 4 aromatic rings. The Morgan fingerprint density at radius 3 is 2.57 bits per heavy atom. The number of benzene rings is 1. The quantitative estimate of drug-likeness (QED) is 0.518. The van der Waals surface area contributed by atoms with Crippen LogP contribution in [0.5, 0.6) is 0 Å². The average molecular weight is 421 g/mol. The Morgan fingerprint density at radius 2 is 1.83 bits per heavy atom. The number of carbonyl (C=O) groups excluding carboxylic acids is 1. The highest BCUT2D eigenvalue weighted by molar-refractivity contribution is 7.14. The number of carbonyl (C=O) groups is 1. The van der Waals surface area contributed by atoms with Crippen LogP contribution in [0.3, 0.4) is 0 Å². The minimum Gasteiger partial charge on any atom is -0.302 e. The summed E-state index contributed by atoms with van der Waals surface area (Å²) >= 11 is 1.45. The molecule has 3 heterocycles. The van der Waals surface area contributed by atoms with Crippen LogP contribution in [0.4, 0.5) is 5.13 Å². The Bertz CT molecular complexity index is 1230. The zero-order valence-corrected chi connectivity index (χ0v) is 18.6. The van der Waals surface area contributed by atoms with Crippen LogP contribution in [0, 0.1) is 34.6 Å². The lowest BCUT2D eigenvalue weighted by Gasteiger charge is -2.10. The maximum atomic E-state index is 12.5. The van der Waals surface area contributed by atoms with Crippen molar-refractivity contribution in [3.05, 3.63) is 57.5 Å². The lowest BCUT2D eigenvalue weighted by molar-refractivity contribution is -0.116. The molecular weight excluding hydrogens is 396 g/mol. The van der Waals surface area contributed by atoms with E-state index in [0.717, 1.165) is 28.2 Å². The van der Waals surface area contributed by atoms with Crippen LogP contribution in [0.15, 0.2) is 23.8 Å². The van der Waals surface area contributed by atoms with Crippen molar-refractivity contribution in [2.75, 3.05) is 5.32 Å². The Kier molecular flexibility index (Phi) is 5.34. The average Bonchev–Trinajstić information content (AvgIpc) is 3.30. The van der Waals surface area contributed by atoms with Crippen LogP contribution in [0.2, 0.25) is 0 Å². The second-order valence-electron chi connectivity index (χ2n) is 7.59. The Morgan fingerprint density at radius 1 is 1.10 bits per heavy atom. The van der Waals surface area contributed by atoms with Crippen molar-refractivity contribution in [2.24, 2.45) is 0 Å². The first-order valence-electron chi connectivity index (χ1n) is 9.83. The maximum absolute atomic E-state index is 12.5. The third kappa shape index (κ3) is 3.82. The van der Waals surface area contributed by atoms with E-state index in [0.29, 0.717) is 23.8 Å². The number of amides is 1. The van der Waals surface area contributed by atoms with Gasteiger partial charge in [-0.3, -0.25) is 4.79 Å². The van der Waals surface area contributed by atoms with Gasteiger partial charge in [-0.25, -0.2) is 14.5 Å². The largest absolute Gasteiger partial charge is 0.302 e. The van der Waals surface area contributed by atoms with Crippen molar-refractivity contribution in [3.63, 3.8) is 0 Å². The Hall–Kier alpha value is -3.13. The molecule has 0 aliphatic carbocycles. The minimum absolute atomic E-state index is 0.0641. The molecule has 8 heteroatoms. The molecule has 4 rings (SSSR count). The number of fused-ring (bicyclic) bond motifs is 1. The third-order valence-electron chi connectivity index (χ3n) is 5.27. The van der Waals surface area contributed by atoms with E-state index < -0.39 is 0 Å². The number of aryl methyl sites for hydroxylation is 5. The summed E-state index contributed by atoms with van der Waals surface area (Å²) in [6, 6.07) is 4.31. The molecule has 0 saturated heterocycles. The normalized spacial score (nSPS) is 11.2. The van der Waals surface area contributed by atoms with E-state index >= 15 is 0 Å². The molecular formula is C22H24N6OS. The fourth-order valence-electron chi connectivity index (χ4n) is 3.97. The van der Waals surface area contributed by atoms with Gasteiger partial charge in [-0.1, -0.05) is 17.7 Å². The fraction of sp³-hybridized carbons (Fsp3) is 0.318. The van der Waals surface area contributed by atoms with E-state index in [4.69, 9.17) is 0 Å². The van der Waals surface area contributed by atoms with Gasteiger partial charge in [0, 0.05) is 28.8 Å². The van der Waals surface area contributed by atoms with Crippen LogP contribution < -0.4 is 5.32 Å². The number of hydrogen-bond donors (Lipinski definition) is 1. The van der Waals surface area contributed by atoms with Gasteiger partial charge < -0.3 is 5.32 Å². The first-order chi connectivity index (χ1) is 14.3. The molecule has 0 spiro atoms. The molecule has 0 radical (unpaired) electrons. The highest BCUT2D eigenvalue weighted by Crippen LogP contribution is 2.31. The van der Waals surface area contributed by atoms with Crippen molar-refractivity contribution in [3.8, 4) is 11.3 Å². The zero-order chi connectivity index (χ0) is 21.4. The Labute approximate surface area is 179 Å². The van der Waals surface area contributed by atoms with E-state index in [-0.39, 0.29) is 5.91 Å². The van der Waals surface area contributed by atoms with Gasteiger partial charge in [-0.15, -0.1) is 11.3 Å². The number of aromatic nitrogens is 5. The predicted octanol–water partition coefficient (Wildman–Crippen LogP) is 4.36. The van der Waals surface area contributed by atoms with Gasteiger partial charge in [0.1, 0.15) is 6.33 Å². The second kappa shape index (κ2) is 7.95. The summed E-state index contributed by atoms with van der Waals surface area (Å²) in [5, 5.41) is 9.75. The molecule has 3 aromatic heterocycles. The van der Waals surface area contributed by atoms with Crippen LogP contribution in [0.1, 0.15) is 40.1 Å². The molecule has 7 nitrogen and oxygen atoms in total. The van der Waals surface area contributed by atoms with Gasteiger partial charge in [-0.05, 0) is 57.7 Å². The third-order valence-corrected chi connectivity index (χ3v) is 6.03. The monoisotopic (exact) mass is 420 g/mol. The van der Waals surface area contributed by atoms with Crippen molar-refractivity contribution in [1.82, 2.24) is 24.6 Å². The van der Waals surface area contributed by atoms with Crippen LogP contribution >= 0.6 is 11.3 Å². The molecule has 1 aromatic carbocycles. The summed E-state index contributed by atoms with van der Waals surface area (Å²) in [6.07, 6.45) is 2.42. The van der Waals surface area contributed by atoms with Gasteiger partial charge in [0.2, 0.25) is 5.91 Å². The van der Waals surface area contributed by atoms with E-state index in [2.05, 4.69) is 58.3 Å². The summed E-state index contributed by atoms with van der Waals surface area (Å²) in [7, 11) is 0. The van der Waals surface area contributed by atoms with Gasteiger partial charge in [-0.2, -0.15) is 10.1 Å².